The van der Waals surface area contributed by atoms with Gasteiger partial charge in [-0.2, -0.15) is 0 Å². The summed E-state index contributed by atoms with van der Waals surface area (Å²) in [6, 6.07) is 5.64. The molecule has 1 aromatic carbocycles. The van der Waals surface area contributed by atoms with Crippen molar-refractivity contribution >= 4 is 11.5 Å². The highest BCUT2D eigenvalue weighted by molar-refractivity contribution is 5.95. The van der Waals surface area contributed by atoms with Crippen molar-refractivity contribution in [3.05, 3.63) is 40.8 Å². The molecule has 1 unspecified atom stereocenters. The molecule has 3 rings (SSSR count). The second-order valence-electron chi connectivity index (χ2n) is 6.07. The second kappa shape index (κ2) is 6.07. The van der Waals surface area contributed by atoms with Crippen molar-refractivity contribution in [3.63, 3.8) is 0 Å². The molecule has 0 radical (unpaired) electrons. The first-order valence-corrected chi connectivity index (χ1v) is 7.98. The summed E-state index contributed by atoms with van der Waals surface area (Å²) in [5.41, 5.74) is 3.67. The lowest BCUT2D eigenvalue weighted by molar-refractivity contribution is 0.101. The molecule has 0 bridgehead atoms. The van der Waals surface area contributed by atoms with E-state index in [0.717, 1.165) is 41.4 Å². The predicted octanol–water partition coefficient (Wildman–Crippen LogP) is 3.67. The Morgan fingerprint density at radius 2 is 2.17 bits per heavy atom. The molecule has 0 amide bonds. The van der Waals surface area contributed by atoms with Crippen LogP contribution in [0.1, 0.15) is 47.6 Å². The summed E-state index contributed by atoms with van der Waals surface area (Å²) < 4.78 is 11.3. The number of anilines is 1. The summed E-state index contributed by atoms with van der Waals surface area (Å²) in [7, 11) is 0. The fourth-order valence-corrected chi connectivity index (χ4v) is 2.92. The van der Waals surface area contributed by atoms with E-state index in [1.165, 1.54) is 0 Å². The molecule has 1 aromatic heterocycles. The summed E-state index contributed by atoms with van der Waals surface area (Å²) in [6.07, 6.45) is 1.08. The van der Waals surface area contributed by atoms with Crippen LogP contribution in [0.4, 0.5) is 5.69 Å². The Morgan fingerprint density at radius 3 is 2.78 bits per heavy atom. The highest BCUT2D eigenvalue weighted by atomic mass is 16.5. The van der Waals surface area contributed by atoms with Gasteiger partial charge in [-0.15, -0.1) is 0 Å². The molecule has 1 atom stereocenters. The molecule has 5 heteroatoms. The van der Waals surface area contributed by atoms with Gasteiger partial charge in [0.1, 0.15) is 17.6 Å². The van der Waals surface area contributed by atoms with E-state index < -0.39 is 0 Å². The molecule has 0 saturated carbocycles. The second-order valence-corrected chi connectivity index (χ2v) is 6.07. The van der Waals surface area contributed by atoms with Gasteiger partial charge in [0.15, 0.2) is 5.78 Å². The van der Waals surface area contributed by atoms with Crippen LogP contribution in [0, 0.1) is 13.8 Å². The minimum absolute atomic E-state index is 0.0581. The number of aromatic nitrogens is 1. The zero-order chi connectivity index (χ0) is 16.6. The van der Waals surface area contributed by atoms with E-state index >= 15 is 0 Å². The van der Waals surface area contributed by atoms with E-state index in [1.54, 1.807) is 6.92 Å². The van der Waals surface area contributed by atoms with Crippen LogP contribution in [0.25, 0.3) is 0 Å². The Labute approximate surface area is 136 Å². The van der Waals surface area contributed by atoms with Crippen LogP contribution >= 0.6 is 0 Å². The van der Waals surface area contributed by atoms with Crippen molar-refractivity contribution < 1.29 is 14.1 Å². The molecule has 2 heterocycles. The maximum absolute atomic E-state index is 11.7. The van der Waals surface area contributed by atoms with E-state index in [2.05, 4.69) is 17.0 Å². The molecule has 0 fully saturated rings. The molecular formula is C18H22N2O3. The first-order chi connectivity index (χ1) is 11.0. The first-order valence-electron chi connectivity index (χ1n) is 7.98. The first kappa shape index (κ1) is 15.6. The quantitative estimate of drug-likeness (QED) is 0.806. The molecule has 5 nitrogen and oxygen atoms in total. The highest BCUT2D eigenvalue weighted by Crippen LogP contribution is 2.36. The average Bonchev–Trinajstić information content (AvgIpc) is 2.86. The van der Waals surface area contributed by atoms with E-state index in [-0.39, 0.29) is 11.9 Å². The van der Waals surface area contributed by atoms with Crippen molar-refractivity contribution in [2.75, 3.05) is 11.4 Å². The van der Waals surface area contributed by atoms with Crippen LogP contribution in [0.5, 0.6) is 5.75 Å². The summed E-state index contributed by atoms with van der Waals surface area (Å²) in [6.45, 7) is 9.08. The predicted molar refractivity (Wildman–Crippen MR) is 88.2 cm³/mol. The van der Waals surface area contributed by atoms with E-state index in [0.29, 0.717) is 12.1 Å². The van der Waals surface area contributed by atoms with Gasteiger partial charge < -0.3 is 14.2 Å². The Bertz CT molecular complexity index is 716. The minimum Gasteiger partial charge on any atom is -0.486 e. The third-order valence-corrected chi connectivity index (χ3v) is 4.41. The molecule has 1 aliphatic rings. The van der Waals surface area contributed by atoms with Crippen molar-refractivity contribution in [3.8, 4) is 5.75 Å². The van der Waals surface area contributed by atoms with Gasteiger partial charge in [-0.25, -0.2) is 0 Å². The normalized spacial score (nSPS) is 16.9. The van der Waals surface area contributed by atoms with Crippen LogP contribution in [-0.2, 0) is 6.54 Å². The number of hydrogen-bond acceptors (Lipinski definition) is 5. The number of aryl methyl sites for hydroxylation is 2. The SMILES string of the molecule is CCC1CN(Cc2c(C)noc2C)c2cc(C(C)=O)ccc2O1. The van der Waals surface area contributed by atoms with Gasteiger partial charge in [-0.3, -0.25) is 4.79 Å². The summed E-state index contributed by atoms with van der Waals surface area (Å²) >= 11 is 0. The molecule has 1 aliphatic heterocycles. The standard InChI is InChI=1S/C18H22N2O3/c1-5-15-9-20(10-16-11(2)19-23-13(16)4)17-8-14(12(3)21)6-7-18(17)22-15/h6-8,15H,5,9-10H2,1-4H3. The van der Waals surface area contributed by atoms with E-state index in [1.807, 2.05) is 32.0 Å². The fourth-order valence-electron chi connectivity index (χ4n) is 2.92. The van der Waals surface area contributed by atoms with Gasteiger partial charge in [0.05, 0.1) is 17.9 Å². The van der Waals surface area contributed by atoms with Crippen LogP contribution in [-0.4, -0.2) is 23.6 Å². The maximum Gasteiger partial charge on any atom is 0.159 e. The number of carbonyl (C=O) groups is 1. The van der Waals surface area contributed by atoms with Crippen LogP contribution in [0.15, 0.2) is 22.7 Å². The summed E-state index contributed by atoms with van der Waals surface area (Å²) in [4.78, 5) is 14.0. The number of nitrogens with zero attached hydrogens (tertiary/aromatic N) is 2. The average molecular weight is 314 g/mol. The third-order valence-electron chi connectivity index (χ3n) is 4.41. The molecule has 0 saturated heterocycles. The topological polar surface area (TPSA) is 55.6 Å². The number of benzene rings is 1. The zero-order valence-electron chi connectivity index (χ0n) is 14.0. The Balaban J connectivity index is 1.99. The van der Waals surface area contributed by atoms with E-state index in [4.69, 9.17) is 9.26 Å². The number of fused-ring (bicyclic) bond motifs is 1. The Morgan fingerprint density at radius 1 is 1.39 bits per heavy atom. The number of Topliss-reactive ketones (excluding diaryl/α,β-unsaturated/α-hetero) is 1. The number of rotatable bonds is 4. The lowest BCUT2D eigenvalue weighted by atomic mass is 10.1. The smallest absolute Gasteiger partial charge is 0.159 e. The Hall–Kier alpha value is -2.30. The van der Waals surface area contributed by atoms with Gasteiger partial charge >= 0.3 is 0 Å². The lowest BCUT2D eigenvalue weighted by Crippen LogP contribution is -2.39. The minimum atomic E-state index is 0.0581. The van der Waals surface area contributed by atoms with Gasteiger partial charge in [0, 0.05) is 17.7 Å². The van der Waals surface area contributed by atoms with Gasteiger partial charge in [0.25, 0.3) is 0 Å². The van der Waals surface area contributed by atoms with Gasteiger partial charge in [-0.1, -0.05) is 12.1 Å². The van der Waals surface area contributed by atoms with Gasteiger partial charge in [-0.05, 0) is 45.4 Å². The van der Waals surface area contributed by atoms with Crippen molar-refractivity contribution in [1.82, 2.24) is 5.16 Å². The number of hydrogen-bond donors (Lipinski definition) is 0. The lowest BCUT2D eigenvalue weighted by Gasteiger charge is -2.36. The number of ether oxygens (including phenoxy) is 1. The van der Waals surface area contributed by atoms with Crippen molar-refractivity contribution in [2.24, 2.45) is 0 Å². The van der Waals surface area contributed by atoms with Crippen LogP contribution in [0.2, 0.25) is 0 Å². The zero-order valence-corrected chi connectivity index (χ0v) is 14.0. The molecule has 2 aromatic rings. The fraction of sp³-hybridized carbons (Fsp3) is 0.444. The number of ketones is 1. The Kier molecular flexibility index (Phi) is 4.11. The van der Waals surface area contributed by atoms with E-state index in [9.17, 15) is 4.79 Å². The highest BCUT2D eigenvalue weighted by Gasteiger charge is 2.27. The molecule has 0 aliphatic carbocycles. The molecular weight excluding hydrogens is 292 g/mol. The molecule has 23 heavy (non-hydrogen) atoms. The van der Waals surface area contributed by atoms with Crippen molar-refractivity contribution in [2.45, 2.75) is 46.8 Å². The molecule has 122 valence electrons. The monoisotopic (exact) mass is 314 g/mol. The summed E-state index contributed by atoms with van der Waals surface area (Å²) in [5.74, 6) is 1.73. The third kappa shape index (κ3) is 2.96. The van der Waals surface area contributed by atoms with Crippen LogP contribution in [0.3, 0.4) is 0 Å². The molecule has 0 N–H and O–H groups in total. The maximum atomic E-state index is 11.7. The number of carbonyl (C=O) groups excluding carboxylic acids is 1. The molecule has 0 spiro atoms. The van der Waals surface area contributed by atoms with Crippen molar-refractivity contribution in [1.29, 1.82) is 0 Å². The van der Waals surface area contributed by atoms with Gasteiger partial charge in [0.2, 0.25) is 0 Å². The largest absolute Gasteiger partial charge is 0.486 e. The van der Waals surface area contributed by atoms with Crippen LogP contribution < -0.4 is 9.64 Å². The summed E-state index contributed by atoms with van der Waals surface area (Å²) in [5, 5.41) is 4.04.